The third-order valence-electron chi connectivity index (χ3n) is 2.69. The van der Waals surface area contributed by atoms with E-state index < -0.39 is 5.82 Å². The SMILES string of the molecule is CC(N)Cc1ccc(Oc2ccc(Br)cc2F)cc1Br. The predicted molar refractivity (Wildman–Crippen MR) is 85.7 cm³/mol. The van der Waals surface area contributed by atoms with Gasteiger partial charge in [-0.1, -0.05) is 37.9 Å². The van der Waals surface area contributed by atoms with E-state index >= 15 is 0 Å². The van der Waals surface area contributed by atoms with Crippen LogP contribution in [0.25, 0.3) is 0 Å². The zero-order valence-electron chi connectivity index (χ0n) is 10.9. The second-order valence-corrected chi connectivity index (χ2v) is 6.38. The second-order valence-electron chi connectivity index (χ2n) is 4.61. The lowest BCUT2D eigenvalue weighted by molar-refractivity contribution is 0.441. The highest BCUT2D eigenvalue weighted by Gasteiger charge is 2.08. The van der Waals surface area contributed by atoms with Gasteiger partial charge in [0.2, 0.25) is 0 Å². The van der Waals surface area contributed by atoms with E-state index in [2.05, 4.69) is 31.9 Å². The molecule has 2 rings (SSSR count). The zero-order valence-corrected chi connectivity index (χ0v) is 14.0. The van der Waals surface area contributed by atoms with Crippen molar-refractivity contribution < 1.29 is 9.13 Å². The first-order valence-corrected chi connectivity index (χ1v) is 7.71. The average molecular weight is 403 g/mol. The summed E-state index contributed by atoms with van der Waals surface area (Å²) in [6.45, 7) is 1.95. The first kappa shape index (κ1) is 15.5. The molecule has 0 spiro atoms. The molecule has 0 saturated heterocycles. The fourth-order valence-electron chi connectivity index (χ4n) is 1.79. The molecule has 0 fully saturated rings. The Bertz CT molecular complexity index is 617. The Labute approximate surface area is 134 Å². The maximum absolute atomic E-state index is 13.7. The van der Waals surface area contributed by atoms with Crippen molar-refractivity contribution in [3.63, 3.8) is 0 Å². The lowest BCUT2D eigenvalue weighted by Crippen LogP contribution is -2.17. The van der Waals surface area contributed by atoms with Gasteiger partial charge in [0.15, 0.2) is 11.6 Å². The fourth-order valence-corrected chi connectivity index (χ4v) is 2.64. The molecule has 2 N–H and O–H groups in total. The first-order valence-electron chi connectivity index (χ1n) is 6.12. The van der Waals surface area contributed by atoms with Gasteiger partial charge in [0.05, 0.1) is 0 Å². The number of benzene rings is 2. The number of ether oxygens (including phenoxy) is 1. The standard InChI is InChI=1S/C15H14Br2FNO/c1-9(19)6-10-2-4-12(8-13(10)17)20-15-5-3-11(16)7-14(15)18/h2-5,7-9H,6,19H2,1H3. The molecule has 0 heterocycles. The molecule has 0 aromatic heterocycles. The van der Waals surface area contributed by atoms with Gasteiger partial charge >= 0.3 is 0 Å². The molecule has 106 valence electrons. The summed E-state index contributed by atoms with van der Waals surface area (Å²) in [6, 6.07) is 10.3. The molecule has 2 aromatic carbocycles. The highest BCUT2D eigenvalue weighted by atomic mass is 79.9. The third kappa shape index (κ3) is 4.04. The van der Waals surface area contributed by atoms with Gasteiger partial charge in [-0.15, -0.1) is 0 Å². The summed E-state index contributed by atoms with van der Waals surface area (Å²) in [5.74, 6) is 0.363. The van der Waals surface area contributed by atoms with Crippen molar-refractivity contribution in [2.24, 2.45) is 5.73 Å². The molecule has 0 aliphatic rings. The molecule has 0 radical (unpaired) electrons. The molecule has 0 saturated carbocycles. The lowest BCUT2D eigenvalue weighted by Gasteiger charge is -2.11. The smallest absolute Gasteiger partial charge is 0.166 e. The van der Waals surface area contributed by atoms with Crippen LogP contribution in [0.1, 0.15) is 12.5 Å². The molecular weight excluding hydrogens is 389 g/mol. The van der Waals surface area contributed by atoms with Crippen LogP contribution in [-0.4, -0.2) is 6.04 Å². The van der Waals surface area contributed by atoms with Crippen LogP contribution in [0.4, 0.5) is 4.39 Å². The van der Waals surface area contributed by atoms with E-state index in [1.807, 2.05) is 25.1 Å². The van der Waals surface area contributed by atoms with Crippen LogP contribution >= 0.6 is 31.9 Å². The largest absolute Gasteiger partial charge is 0.454 e. The maximum Gasteiger partial charge on any atom is 0.166 e. The summed E-state index contributed by atoms with van der Waals surface area (Å²) in [5, 5.41) is 0. The van der Waals surface area contributed by atoms with Gasteiger partial charge in [-0.3, -0.25) is 0 Å². The van der Waals surface area contributed by atoms with Crippen LogP contribution in [0, 0.1) is 5.82 Å². The van der Waals surface area contributed by atoms with Gasteiger partial charge in [-0.25, -0.2) is 4.39 Å². The van der Waals surface area contributed by atoms with E-state index in [0.29, 0.717) is 10.2 Å². The van der Waals surface area contributed by atoms with E-state index in [4.69, 9.17) is 10.5 Å². The van der Waals surface area contributed by atoms with Crippen LogP contribution in [0.3, 0.4) is 0 Å². The molecule has 1 unspecified atom stereocenters. The summed E-state index contributed by atoms with van der Waals surface area (Å²) in [7, 11) is 0. The molecule has 0 aliphatic carbocycles. The minimum atomic E-state index is -0.407. The van der Waals surface area contributed by atoms with E-state index in [1.165, 1.54) is 6.07 Å². The monoisotopic (exact) mass is 401 g/mol. The van der Waals surface area contributed by atoms with Gasteiger partial charge in [0.25, 0.3) is 0 Å². The first-order chi connectivity index (χ1) is 9.45. The Morgan fingerprint density at radius 3 is 2.55 bits per heavy atom. The average Bonchev–Trinajstić information content (AvgIpc) is 2.36. The number of hydrogen-bond donors (Lipinski definition) is 1. The van der Waals surface area contributed by atoms with Gasteiger partial charge in [-0.2, -0.15) is 0 Å². The highest BCUT2D eigenvalue weighted by Crippen LogP contribution is 2.30. The molecule has 20 heavy (non-hydrogen) atoms. The number of rotatable bonds is 4. The Balaban J connectivity index is 2.20. The minimum Gasteiger partial charge on any atom is -0.454 e. The molecule has 0 amide bonds. The van der Waals surface area contributed by atoms with Crippen molar-refractivity contribution in [2.75, 3.05) is 0 Å². The number of nitrogens with two attached hydrogens (primary N) is 1. The van der Waals surface area contributed by atoms with Gasteiger partial charge in [0, 0.05) is 15.0 Å². The summed E-state index contributed by atoms with van der Waals surface area (Å²) in [4.78, 5) is 0. The molecule has 0 aliphatic heterocycles. The molecule has 2 nitrogen and oxygen atoms in total. The van der Waals surface area contributed by atoms with E-state index in [0.717, 1.165) is 16.5 Å². The topological polar surface area (TPSA) is 35.2 Å². The van der Waals surface area contributed by atoms with E-state index in [-0.39, 0.29) is 11.8 Å². The van der Waals surface area contributed by atoms with Gasteiger partial charge in [0.1, 0.15) is 5.75 Å². The molecule has 2 aromatic rings. The third-order valence-corrected chi connectivity index (χ3v) is 3.92. The van der Waals surface area contributed by atoms with Crippen molar-refractivity contribution in [1.82, 2.24) is 0 Å². The van der Waals surface area contributed by atoms with Crippen molar-refractivity contribution in [3.8, 4) is 11.5 Å². The fraction of sp³-hybridized carbons (Fsp3) is 0.200. The summed E-state index contributed by atoms with van der Waals surface area (Å²) >= 11 is 6.69. The highest BCUT2D eigenvalue weighted by molar-refractivity contribution is 9.10. The Hall–Kier alpha value is -0.910. The normalized spacial score (nSPS) is 12.2. The Morgan fingerprint density at radius 2 is 1.95 bits per heavy atom. The van der Waals surface area contributed by atoms with Crippen LogP contribution in [0.15, 0.2) is 45.3 Å². The van der Waals surface area contributed by atoms with Crippen LogP contribution < -0.4 is 10.5 Å². The van der Waals surface area contributed by atoms with Crippen molar-refractivity contribution >= 4 is 31.9 Å². The van der Waals surface area contributed by atoms with Crippen molar-refractivity contribution in [3.05, 3.63) is 56.7 Å². The summed E-state index contributed by atoms with van der Waals surface area (Å²) < 4.78 is 20.8. The number of hydrogen-bond acceptors (Lipinski definition) is 2. The second kappa shape index (κ2) is 6.70. The summed E-state index contributed by atoms with van der Waals surface area (Å²) in [6.07, 6.45) is 0.771. The van der Waals surface area contributed by atoms with Crippen molar-refractivity contribution in [1.29, 1.82) is 0 Å². The molecule has 5 heteroatoms. The van der Waals surface area contributed by atoms with Crippen LogP contribution in [-0.2, 0) is 6.42 Å². The van der Waals surface area contributed by atoms with Gasteiger partial charge in [-0.05, 0) is 49.2 Å². The Morgan fingerprint density at radius 1 is 1.20 bits per heavy atom. The molecular formula is C15H14Br2FNO. The summed E-state index contributed by atoms with van der Waals surface area (Å²) in [5.41, 5.74) is 6.88. The lowest BCUT2D eigenvalue weighted by atomic mass is 10.1. The molecule has 1 atom stereocenters. The predicted octanol–water partition coefficient (Wildman–Crippen LogP) is 5.03. The minimum absolute atomic E-state index is 0.0852. The van der Waals surface area contributed by atoms with Gasteiger partial charge < -0.3 is 10.5 Å². The Kier molecular flexibility index (Phi) is 5.18. The maximum atomic E-state index is 13.7. The molecule has 0 bridgehead atoms. The van der Waals surface area contributed by atoms with E-state index in [9.17, 15) is 4.39 Å². The van der Waals surface area contributed by atoms with Crippen molar-refractivity contribution in [2.45, 2.75) is 19.4 Å². The van der Waals surface area contributed by atoms with E-state index in [1.54, 1.807) is 12.1 Å². The quantitative estimate of drug-likeness (QED) is 0.777. The number of halogens is 3. The van der Waals surface area contributed by atoms with Crippen LogP contribution in [0.2, 0.25) is 0 Å². The van der Waals surface area contributed by atoms with Crippen LogP contribution in [0.5, 0.6) is 11.5 Å². The zero-order chi connectivity index (χ0) is 14.7.